The van der Waals surface area contributed by atoms with Crippen LogP contribution in [0, 0.1) is 6.92 Å². The summed E-state index contributed by atoms with van der Waals surface area (Å²) >= 11 is 0. The molecule has 0 radical (unpaired) electrons. The van der Waals surface area contributed by atoms with Crippen LogP contribution in [0.3, 0.4) is 0 Å². The third-order valence-electron chi connectivity index (χ3n) is 2.76. The van der Waals surface area contributed by atoms with Crippen molar-refractivity contribution in [2.45, 2.75) is 13.0 Å². The van der Waals surface area contributed by atoms with E-state index in [1.54, 1.807) is 37.3 Å². The Morgan fingerprint density at radius 1 is 1.21 bits per heavy atom. The number of carbonyl (C=O) groups is 2. The topological polar surface area (TPSA) is 79.5 Å². The molecule has 19 heavy (non-hydrogen) atoms. The number of benzene rings is 1. The lowest BCUT2D eigenvalue weighted by molar-refractivity contribution is -0.139. The van der Waals surface area contributed by atoms with Crippen molar-refractivity contribution >= 4 is 11.9 Å². The van der Waals surface area contributed by atoms with Crippen molar-refractivity contribution in [2.75, 3.05) is 0 Å². The van der Waals surface area contributed by atoms with Gasteiger partial charge >= 0.3 is 5.97 Å². The van der Waals surface area contributed by atoms with Crippen molar-refractivity contribution in [1.82, 2.24) is 5.32 Å². The Balaban J connectivity index is 2.21. The van der Waals surface area contributed by atoms with Crippen molar-refractivity contribution in [1.29, 1.82) is 0 Å². The van der Waals surface area contributed by atoms with Gasteiger partial charge in [0.05, 0.1) is 11.8 Å². The summed E-state index contributed by atoms with van der Waals surface area (Å²) in [5.41, 5.74) is 0.853. The Hall–Kier alpha value is -2.56. The number of rotatable bonds is 4. The van der Waals surface area contributed by atoms with E-state index in [9.17, 15) is 14.7 Å². The van der Waals surface area contributed by atoms with Gasteiger partial charge in [-0.1, -0.05) is 30.3 Å². The number of aryl methyl sites for hydroxylation is 1. The van der Waals surface area contributed by atoms with Crippen molar-refractivity contribution < 1.29 is 19.1 Å². The summed E-state index contributed by atoms with van der Waals surface area (Å²) in [5.74, 6) is -1.13. The molecule has 1 heterocycles. The van der Waals surface area contributed by atoms with Crippen LogP contribution in [-0.2, 0) is 4.79 Å². The Morgan fingerprint density at radius 3 is 2.42 bits per heavy atom. The fourth-order valence-corrected chi connectivity index (χ4v) is 1.76. The van der Waals surface area contributed by atoms with Crippen LogP contribution in [0.4, 0.5) is 0 Å². The summed E-state index contributed by atoms with van der Waals surface area (Å²) in [6.07, 6.45) is 1.39. The zero-order valence-corrected chi connectivity index (χ0v) is 10.3. The molecule has 0 aliphatic carbocycles. The first-order valence-electron chi connectivity index (χ1n) is 5.72. The summed E-state index contributed by atoms with van der Waals surface area (Å²) in [5, 5.41) is 11.7. The monoisotopic (exact) mass is 259 g/mol. The second kappa shape index (κ2) is 5.39. The molecule has 0 aliphatic rings. The Morgan fingerprint density at radius 2 is 1.89 bits per heavy atom. The van der Waals surface area contributed by atoms with Gasteiger partial charge in [0, 0.05) is 0 Å². The van der Waals surface area contributed by atoms with Crippen molar-refractivity contribution in [3.63, 3.8) is 0 Å². The van der Waals surface area contributed by atoms with Crippen LogP contribution >= 0.6 is 0 Å². The molecule has 0 saturated heterocycles. The molecule has 5 nitrogen and oxygen atoms in total. The molecular weight excluding hydrogens is 246 g/mol. The fourth-order valence-electron chi connectivity index (χ4n) is 1.76. The SMILES string of the molecule is Cc1occc1C(=O)N[C@H](C(=O)O)c1ccccc1. The molecule has 5 heteroatoms. The minimum atomic E-state index is -1.11. The number of hydrogen-bond donors (Lipinski definition) is 2. The lowest BCUT2D eigenvalue weighted by Crippen LogP contribution is -2.33. The number of carbonyl (C=O) groups excluding carboxylic acids is 1. The van der Waals surface area contributed by atoms with Gasteiger partial charge in [-0.2, -0.15) is 0 Å². The van der Waals surface area contributed by atoms with Gasteiger partial charge in [0.25, 0.3) is 5.91 Å². The molecule has 0 unspecified atom stereocenters. The molecular formula is C14H13NO4. The standard InChI is InChI=1S/C14H13NO4/c1-9-11(7-8-19-9)13(16)15-12(14(17)18)10-5-3-2-4-6-10/h2-8,12H,1H3,(H,15,16)(H,17,18)/t12-/m0/s1. The van der Waals surface area contributed by atoms with Crippen molar-refractivity contribution in [2.24, 2.45) is 0 Å². The molecule has 0 bridgehead atoms. The molecule has 1 aromatic carbocycles. The average molecular weight is 259 g/mol. The van der Waals surface area contributed by atoms with E-state index < -0.39 is 17.9 Å². The number of amides is 1. The minimum absolute atomic E-state index is 0.335. The fraction of sp³-hybridized carbons (Fsp3) is 0.143. The van der Waals surface area contributed by atoms with Gasteiger partial charge in [0.1, 0.15) is 5.76 Å². The number of hydrogen-bond acceptors (Lipinski definition) is 3. The van der Waals surface area contributed by atoms with Crippen LogP contribution in [0.25, 0.3) is 0 Å². The van der Waals surface area contributed by atoms with E-state index in [1.807, 2.05) is 0 Å². The molecule has 0 saturated carbocycles. The number of carboxylic acids is 1. The molecule has 1 aromatic heterocycles. The van der Waals surface area contributed by atoms with E-state index in [0.717, 1.165) is 0 Å². The first-order chi connectivity index (χ1) is 9.09. The predicted octanol–water partition coefficient (Wildman–Crippen LogP) is 2.14. The Kier molecular flexibility index (Phi) is 3.66. The summed E-state index contributed by atoms with van der Waals surface area (Å²) in [7, 11) is 0. The third-order valence-corrected chi connectivity index (χ3v) is 2.76. The second-order valence-electron chi connectivity index (χ2n) is 4.05. The Bertz CT molecular complexity index is 589. The number of carboxylic acid groups (broad SMARTS) is 1. The number of furan rings is 1. The van der Waals surface area contributed by atoms with Crippen molar-refractivity contribution in [3.8, 4) is 0 Å². The molecule has 0 fully saturated rings. The molecule has 2 rings (SSSR count). The van der Waals surface area contributed by atoms with Gasteiger partial charge in [-0.3, -0.25) is 4.79 Å². The summed E-state index contributed by atoms with van der Waals surface area (Å²) in [4.78, 5) is 23.2. The quantitative estimate of drug-likeness (QED) is 0.881. The van der Waals surface area contributed by atoms with Crippen LogP contribution in [-0.4, -0.2) is 17.0 Å². The van der Waals surface area contributed by atoms with Crippen LogP contribution in [0.2, 0.25) is 0 Å². The molecule has 0 spiro atoms. The van der Waals surface area contributed by atoms with Gasteiger partial charge in [-0.15, -0.1) is 0 Å². The van der Waals surface area contributed by atoms with Gasteiger partial charge in [-0.25, -0.2) is 4.79 Å². The van der Waals surface area contributed by atoms with E-state index in [-0.39, 0.29) is 0 Å². The minimum Gasteiger partial charge on any atom is -0.479 e. The second-order valence-corrected chi connectivity index (χ2v) is 4.05. The van der Waals surface area contributed by atoms with Crippen LogP contribution in [0.5, 0.6) is 0 Å². The normalized spacial score (nSPS) is 11.8. The maximum Gasteiger partial charge on any atom is 0.330 e. The maximum absolute atomic E-state index is 12.0. The van der Waals surface area contributed by atoms with E-state index in [4.69, 9.17) is 4.42 Å². The highest BCUT2D eigenvalue weighted by Crippen LogP contribution is 2.15. The summed E-state index contributed by atoms with van der Waals surface area (Å²) in [6, 6.07) is 8.96. The number of aliphatic carboxylic acids is 1. The Labute approximate surface area is 109 Å². The molecule has 2 N–H and O–H groups in total. The first-order valence-corrected chi connectivity index (χ1v) is 5.72. The smallest absolute Gasteiger partial charge is 0.330 e. The lowest BCUT2D eigenvalue weighted by atomic mass is 10.1. The zero-order chi connectivity index (χ0) is 13.8. The van der Waals surface area contributed by atoms with Gasteiger partial charge in [-0.05, 0) is 18.6 Å². The van der Waals surface area contributed by atoms with Crippen molar-refractivity contribution in [3.05, 3.63) is 59.5 Å². The molecule has 1 atom stereocenters. The van der Waals surface area contributed by atoms with Crippen LogP contribution < -0.4 is 5.32 Å². The maximum atomic E-state index is 12.0. The predicted molar refractivity (Wildman–Crippen MR) is 67.7 cm³/mol. The van der Waals surface area contributed by atoms with E-state index in [2.05, 4.69) is 5.32 Å². The van der Waals surface area contributed by atoms with Gasteiger partial charge < -0.3 is 14.8 Å². The van der Waals surface area contributed by atoms with Crippen LogP contribution in [0.1, 0.15) is 27.7 Å². The molecule has 0 aliphatic heterocycles. The highest BCUT2D eigenvalue weighted by Gasteiger charge is 2.23. The van der Waals surface area contributed by atoms with E-state index >= 15 is 0 Å². The van der Waals surface area contributed by atoms with E-state index in [1.165, 1.54) is 12.3 Å². The molecule has 2 aromatic rings. The third kappa shape index (κ3) is 2.82. The first kappa shape index (κ1) is 12.9. The number of nitrogens with one attached hydrogen (secondary N) is 1. The zero-order valence-electron chi connectivity index (χ0n) is 10.3. The lowest BCUT2D eigenvalue weighted by Gasteiger charge is -2.14. The highest BCUT2D eigenvalue weighted by atomic mass is 16.4. The van der Waals surface area contributed by atoms with E-state index in [0.29, 0.717) is 16.9 Å². The summed E-state index contributed by atoms with van der Waals surface area (Å²) in [6.45, 7) is 1.65. The average Bonchev–Trinajstić information content (AvgIpc) is 2.82. The van der Waals surface area contributed by atoms with Crippen LogP contribution in [0.15, 0.2) is 47.1 Å². The largest absolute Gasteiger partial charge is 0.479 e. The van der Waals surface area contributed by atoms with Gasteiger partial charge in [0.15, 0.2) is 6.04 Å². The van der Waals surface area contributed by atoms with Gasteiger partial charge in [0.2, 0.25) is 0 Å². The summed E-state index contributed by atoms with van der Waals surface area (Å²) < 4.78 is 5.03. The molecule has 98 valence electrons. The highest BCUT2D eigenvalue weighted by molar-refractivity contribution is 5.97. The molecule has 1 amide bonds.